The molecule has 4 N–H and O–H groups in total. The normalized spacial score (nSPS) is 18.2. The third kappa shape index (κ3) is 11.3. The molecule has 2 atom stereocenters. The van der Waals surface area contributed by atoms with Gasteiger partial charge in [-0.25, -0.2) is 8.42 Å². The second-order valence-electron chi connectivity index (χ2n) is 12.9. The van der Waals surface area contributed by atoms with Gasteiger partial charge in [0.2, 0.25) is 5.91 Å². The molecule has 280 valence electrons. The second-order valence-corrected chi connectivity index (χ2v) is 15.0. The van der Waals surface area contributed by atoms with E-state index in [0.29, 0.717) is 12.1 Å². The van der Waals surface area contributed by atoms with Crippen LogP contribution in [0.15, 0.2) is 108 Å². The van der Waals surface area contributed by atoms with E-state index in [0.717, 1.165) is 48.1 Å². The number of rotatable bonds is 10. The number of piperidine rings is 1. The van der Waals surface area contributed by atoms with Crippen LogP contribution < -0.4 is 20.7 Å². The highest BCUT2D eigenvalue weighted by Gasteiger charge is 2.41. The molecule has 2 unspecified atom stereocenters. The molecule has 53 heavy (non-hydrogen) atoms. The van der Waals surface area contributed by atoms with Gasteiger partial charge in [-0.2, -0.15) is 13.2 Å². The molecule has 2 heterocycles. The number of alkyl halides is 3. The van der Waals surface area contributed by atoms with Gasteiger partial charge in [0.25, 0.3) is 21.8 Å². The Balaban J connectivity index is 0.000000352. The van der Waals surface area contributed by atoms with Crippen LogP contribution in [0.4, 0.5) is 18.9 Å². The summed E-state index contributed by atoms with van der Waals surface area (Å²) in [6.45, 7) is 2.55. The number of carbonyl (C=O) groups excluding carboxylic acids is 3. The molecular formula is C38H39ClF3N5O5S. The second kappa shape index (κ2) is 17.3. The Morgan fingerprint density at radius 2 is 1.42 bits per heavy atom. The standard InChI is InChI=1S/C30H33ClN4O4S.C8H6F3NO/c1-20-6-14-26(15-7-20)40(38,39)34-28-5-3-2-4-27(28)30(37)32-18-29(36)33-23-16-24-12-13-25(17-23)35(24)19-21-8-10-22(31)11-9-21;9-8(10,11)12-7(13)6-4-2-1-3-5-6/h2-11,14-15,23-25,34H,12-13,16-19H2,1H3,(H,32,37)(H,33,36);1-5H,(H,12,13). The van der Waals surface area contributed by atoms with Crippen molar-refractivity contribution in [2.45, 2.75) is 68.5 Å². The first-order chi connectivity index (χ1) is 25.2. The molecule has 2 aliphatic rings. The third-order valence-corrected chi connectivity index (χ3v) is 10.6. The summed E-state index contributed by atoms with van der Waals surface area (Å²) in [6.07, 6.45) is -0.721. The van der Waals surface area contributed by atoms with Crippen LogP contribution >= 0.6 is 11.6 Å². The van der Waals surface area contributed by atoms with Gasteiger partial charge in [0.1, 0.15) is 0 Å². The largest absolute Gasteiger partial charge is 0.484 e. The molecule has 4 aromatic rings. The minimum absolute atomic E-state index is 0.0141. The number of nitrogens with zero attached hydrogens (tertiary/aromatic N) is 1. The van der Waals surface area contributed by atoms with E-state index in [-0.39, 0.29) is 40.2 Å². The Morgan fingerprint density at radius 3 is 2.04 bits per heavy atom. The number of benzene rings is 4. The molecule has 0 radical (unpaired) electrons. The molecule has 2 saturated heterocycles. The summed E-state index contributed by atoms with van der Waals surface area (Å²) in [7, 11) is -3.89. The van der Waals surface area contributed by atoms with Crippen LogP contribution in [0.25, 0.3) is 0 Å². The first kappa shape index (κ1) is 39.3. The number of carbonyl (C=O) groups is 3. The molecule has 2 bridgehead atoms. The lowest BCUT2D eigenvalue weighted by molar-refractivity contribution is -0.146. The number of nitrogens with one attached hydrogen (secondary N) is 4. The van der Waals surface area contributed by atoms with Gasteiger partial charge >= 0.3 is 6.30 Å². The number of halogens is 4. The zero-order chi connectivity index (χ0) is 38.2. The van der Waals surface area contributed by atoms with Crippen LogP contribution in [0.5, 0.6) is 0 Å². The van der Waals surface area contributed by atoms with E-state index < -0.39 is 28.1 Å². The van der Waals surface area contributed by atoms with Crippen molar-refractivity contribution in [1.82, 2.24) is 20.9 Å². The first-order valence-corrected chi connectivity index (χ1v) is 18.7. The number of sulfonamides is 1. The number of fused-ring (bicyclic) bond motifs is 2. The molecule has 0 aromatic heterocycles. The summed E-state index contributed by atoms with van der Waals surface area (Å²) < 4.78 is 63.2. The molecule has 4 aromatic carbocycles. The minimum atomic E-state index is -4.67. The third-order valence-electron chi connectivity index (χ3n) is 8.98. The Labute approximate surface area is 311 Å². The van der Waals surface area contributed by atoms with Crippen LogP contribution in [-0.2, 0) is 21.4 Å². The topological polar surface area (TPSA) is 137 Å². The summed E-state index contributed by atoms with van der Waals surface area (Å²) >= 11 is 6.02. The Bertz CT molecular complexity index is 1990. The van der Waals surface area contributed by atoms with E-state index in [1.54, 1.807) is 30.3 Å². The Hall–Kier alpha value is -4.92. The molecule has 3 amide bonds. The number of anilines is 1. The highest BCUT2D eigenvalue weighted by molar-refractivity contribution is 7.92. The van der Waals surface area contributed by atoms with Crippen molar-refractivity contribution in [3.8, 4) is 0 Å². The number of aryl methyl sites for hydroxylation is 1. The molecule has 2 aliphatic heterocycles. The fraction of sp³-hybridized carbons (Fsp3) is 0.289. The van der Waals surface area contributed by atoms with E-state index >= 15 is 0 Å². The van der Waals surface area contributed by atoms with Gasteiger partial charge in [0, 0.05) is 35.3 Å². The van der Waals surface area contributed by atoms with Crippen LogP contribution in [0, 0.1) is 6.92 Å². The lowest BCUT2D eigenvalue weighted by Crippen LogP contribution is -2.51. The van der Waals surface area contributed by atoms with E-state index in [9.17, 15) is 36.0 Å². The fourth-order valence-electron chi connectivity index (χ4n) is 6.47. The summed E-state index contributed by atoms with van der Waals surface area (Å²) in [5, 5.41) is 7.35. The highest BCUT2D eigenvalue weighted by Crippen LogP contribution is 2.37. The molecule has 10 nitrogen and oxygen atoms in total. The SMILES string of the molecule is Cc1ccc(S(=O)(=O)Nc2ccccc2C(=O)NCC(=O)NC2CC3CCC(C2)N3Cc2ccc(Cl)cc2)cc1.O=C(NC(F)(F)F)c1ccccc1. The molecule has 0 aliphatic carbocycles. The lowest BCUT2D eigenvalue weighted by Gasteiger charge is -2.39. The van der Waals surface area contributed by atoms with Crippen LogP contribution in [-0.4, -0.2) is 62.0 Å². The predicted octanol–water partition coefficient (Wildman–Crippen LogP) is 6.43. The van der Waals surface area contributed by atoms with Crippen molar-refractivity contribution in [2.75, 3.05) is 11.3 Å². The molecule has 2 fully saturated rings. The van der Waals surface area contributed by atoms with Crippen LogP contribution in [0.3, 0.4) is 0 Å². The molecule has 15 heteroatoms. The van der Waals surface area contributed by atoms with Gasteiger partial charge < -0.3 is 10.6 Å². The maximum atomic E-state index is 12.9. The van der Waals surface area contributed by atoms with Crippen molar-refractivity contribution in [1.29, 1.82) is 0 Å². The molecule has 6 rings (SSSR count). The number of hydrogen-bond acceptors (Lipinski definition) is 6. The van der Waals surface area contributed by atoms with Crippen LogP contribution in [0.2, 0.25) is 5.02 Å². The van der Waals surface area contributed by atoms with E-state index in [1.807, 2.05) is 19.1 Å². The van der Waals surface area contributed by atoms with Gasteiger partial charge in [0.05, 0.1) is 22.7 Å². The Kier molecular flexibility index (Phi) is 12.8. The monoisotopic (exact) mass is 769 g/mol. The van der Waals surface area contributed by atoms with Gasteiger partial charge in [-0.05, 0) is 86.7 Å². The number of hydrogen-bond donors (Lipinski definition) is 4. The lowest BCUT2D eigenvalue weighted by atomic mass is 9.96. The van der Waals surface area contributed by atoms with Crippen molar-refractivity contribution in [3.05, 3.63) is 130 Å². The van der Waals surface area contributed by atoms with Crippen LogP contribution in [0.1, 0.15) is 57.5 Å². The predicted molar refractivity (Wildman–Crippen MR) is 196 cm³/mol. The Morgan fingerprint density at radius 1 is 0.811 bits per heavy atom. The molecule has 0 saturated carbocycles. The average Bonchev–Trinajstić information content (AvgIpc) is 3.34. The van der Waals surface area contributed by atoms with E-state index in [4.69, 9.17) is 11.6 Å². The quantitative estimate of drug-likeness (QED) is 0.137. The highest BCUT2D eigenvalue weighted by atomic mass is 35.5. The van der Waals surface area contributed by atoms with Crippen molar-refractivity contribution >= 4 is 45.0 Å². The maximum Gasteiger partial charge on any atom is 0.484 e. The summed E-state index contributed by atoms with van der Waals surface area (Å²) in [5.74, 6) is -1.94. The van der Waals surface area contributed by atoms with Gasteiger partial charge in [-0.3, -0.25) is 29.3 Å². The van der Waals surface area contributed by atoms with Gasteiger partial charge in [0.15, 0.2) is 0 Å². The van der Waals surface area contributed by atoms with Gasteiger partial charge in [-0.1, -0.05) is 71.8 Å². The van der Waals surface area contributed by atoms with Crippen molar-refractivity contribution < 1.29 is 36.0 Å². The zero-order valence-corrected chi connectivity index (χ0v) is 30.3. The summed E-state index contributed by atoms with van der Waals surface area (Å²) in [4.78, 5) is 39.1. The van der Waals surface area contributed by atoms with Gasteiger partial charge in [-0.15, -0.1) is 0 Å². The average molecular weight is 770 g/mol. The van der Waals surface area contributed by atoms with Crippen molar-refractivity contribution in [2.24, 2.45) is 0 Å². The smallest absolute Gasteiger partial charge is 0.352 e. The fourth-order valence-corrected chi connectivity index (χ4v) is 7.67. The van der Waals surface area contributed by atoms with E-state index in [2.05, 4.69) is 32.4 Å². The summed E-state index contributed by atoms with van der Waals surface area (Å²) in [5.41, 5.74) is 2.44. The van der Waals surface area contributed by atoms with E-state index in [1.165, 1.54) is 54.1 Å². The van der Waals surface area contributed by atoms with Crippen molar-refractivity contribution in [3.63, 3.8) is 0 Å². The zero-order valence-electron chi connectivity index (χ0n) is 28.7. The number of para-hydroxylation sites is 1. The number of amides is 3. The molecule has 0 spiro atoms. The summed E-state index contributed by atoms with van der Waals surface area (Å²) in [6, 6.07) is 28.8. The minimum Gasteiger partial charge on any atom is -0.352 e. The first-order valence-electron chi connectivity index (χ1n) is 16.9. The molecular weight excluding hydrogens is 731 g/mol. The maximum absolute atomic E-state index is 12.9.